The Bertz CT molecular complexity index is 187. The standard InChI is InChI=1S/C7H14O6S/c1-14-7(13)6(12)5(11)4(10)3(9)2-8/h3-6,8-12H,2H2,1H3. The molecule has 0 heterocycles. The van der Waals surface area contributed by atoms with E-state index in [1.807, 2.05) is 0 Å². The maximum absolute atomic E-state index is 10.9. The molecule has 0 bridgehead atoms. The Kier molecular flexibility index (Phi) is 6.25. The minimum atomic E-state index is -1.81. The maximum Gasteiger partial charge on any atom is 0.219 e. The molecule has 0 aromatic carbocycles. The van der Waals surface area contributed by atoms with Gasteiger partial charge in [-0.2, -0.15) is 0 Å². The summed E-state index contributed by atoms with van der Waals surface area (Å²) in [6.07, 6.45) is -5.52. The smallest absolute Gasteiger partial charge is 0.219 e. The van der Waals surface area contributed by atoms with E-state index in [2.05, 4.69) is 0 Å². The summed E-state index contributed by atoms with van der Waals surface area (Å²) < 4.78 is 0. The maximum atomic E-state index is 10.9. The lowest BCUT2D eigenvalue weighted by Gasteiger charge is -2.24. The van der Waals surface area contributed by atoms with Crippen molar-refractivity contribution in [2.24, 2.45) is 0 Å². The van der Waals surface area contributed by atoms with Crippen LogP contribution in [0.15, 0.2) is 0 Å². The van der Waals surface area contributed by atoms with Gasteiger partial charge in [-0.3, -0.25) is 4.79 Å². The molecule has 84 valence electrons. The lowest BCUT2D eigenvalue weighted by molar-refractivity contribution is -0.139. The van der Waals surface area contributed by atoms with E-state index in [1.54, 1.807) is 0 Å². The Morgan fingerprint density at radius 1 is 1.21 bits per heavy atom. The van der Waals surface area contributed by atoms with E-state index in [1.165, 1.54) is 6.26 Å². The van der Waals surface area contributed by atoms with Gasteiger partial charge in [0.05, 0.1) is 6.61 Å². The van der Waals surface area contributed by atoms with Crippen molar-refractivity contribution in [3.63, 3.8) is 0 Å². The van der Waals surface area contributed by atoms with Gasteiger partial charge in [-0.05, 0) is 6.26 Å². The van der Waals surface area contributed by atoms with Gasteiger partial charge >= 0.3 is 0 Å². The SMILES string of the molecule is CSC(=O)C(O)C(O)C(O)C(O)CO. The molecule has 0 aliphatic rings. The number of aliphatic hydroxyl groups is 5. The van der Waals surface area contributed by atoms with E-state index in [0.29, 0.717) is 11.8 Å². The van der Waals surface area contributed by atoms with E-state index < -0.39 is 36.1 Å². The first-order valence-corrected chi connectivity index (χ1v) is 5.09. The quantitative estimate of drug-likeness (QED) is 0.346. The topological polar surface area (TPSA) is 118 Å². The van der Waals surface area contributed by atoms with Gasteiger partial charge in [0.15, 0.2) is 6.10 Å². The van der Waals surface area contributed by atoms with Gasteiger partial charge in [0.2, 0.25) is 5.12 Å². The zero-order valence-corrected chi connectivity index (χ0v) is 8.39. The molecule has 0 saturated heterocycles. The zero-order chi connectivity index (χ0) is 11.3. The van der Waals surface area contributed by atoms with Crippen molar-refractivity contribution in [2.45, 2.75) is 24.4 Å². The molecule has 5 N–H and O–H groups in total. The number of hydrogen-bond acceptors (Lipinski definition) is 7. The minimum absolute atomic E-state index is 0.694. The molecule has 4 unspecified atom stereocenters. The molecule has 0 aliphatic heterocycles. The fourth-order valence-corrected chi connectivity index (χ4v) is 1.16. The van der Waals surface area contributed by atoms with E-state index in [4.69, 9.17) is 20.4 Å². The third-order valence-electron chi connectivity index (χ3n) is 1.70. The van der Waals surface area contributed by atoms with Crippen LogP contribution >= 0.6 is 11.8 Å². The average Bonchev–Trinajstić information content (AvgIpc) is 2.23. The van der Waals surface area contributed by atoms with Crippen LogP contribution < -0.4 is 0 Å². The van der Waals surface area contributed by atoms with Gasteiger partial charge in [0, 0.05) is 0 Å². The fraction of sp³-hybridized carbons (Fsp3) is 0.857. The molecule has 0 saturated carbocycles. The highest BCUT2D eigenvalue weighted by Gasteiger charge is 2.33. The van der Waals surface area contributed by atoms with Crippen LogP contribution in [0.25, 0.3) is 0 Å². The predicted molar refractivity (Wildman–Crippen MR) is 49.6 cm³/mol. The summed E-state index contributed by atoms with van der Waals surface area (Å²) in [5.41, 5.74) is 0. The van der Waals surface area contributed by atoms with Crippen LogP contribution in [0.1, 0.15) is 0 Å². The van der Waals surface area contributed by atoms with Crippen LogP contribution in [0.2, 0.25) is 0 Å². The highest BCUT2D eigenvalue weighted by Crippen LogP contribution is 2.10. The number of carbonyl (C=O) groups excluding carboxylic acids is 1. The molecule has 14 heavy (non-hydrogen) atoms. The Morgan fingerprint density at radius 3 is 2.07 bits per heavy atom. The lowest BCUT2D eigenvalue weighted by Crippen LogP contribution is -2.48. The van der Waals surface area contributed by atoms with Gasteiger partial charge in [0.1, 0.15) is 18.3 Å². The zero-order valence-electron chi connectivity index (χ0n) is 7.57. The number of hydrogen-bond donors (Lipinski definition) is 5. The van der Waals surface area contributed by atoms with Gasteiger partial charge in [-0.15, -0.1) is 0 Å². The summed E-state index contributed by atoms with van der Waals surface area (Å²) in [6.45, 7) is -0.765. The van der Waals surface area contributed by atoms with Crippen LogP contribution in [0.4, 0.5) is 0 Å². The number of thioether (sulfide) groups is 1. The van der Waals surface area contributed by atoms with Gasteiger partial charge in [0.25, 0.3) is 0 Å². The molecule has 0 fully saturated rings. The molecule has 0 aromatic heterocycles. The van der Waals surface area contributed by atoms with Crippen LogP contribution in [0, 0.1) is 0 Å². The molecule has 0 amide bonds. The highest BCUT2D eigenvalue weighted by molar-refractivity contribution is 8.13. The second-order valence-corrected chi connectivity index (χ2v) is 3.51. The van der Waals surface area contributed by atoms with Gasteiger partial charge in [-0.25, -0.2) is 0 Å². The van der Waals surface area contributed by atoms with Crippen LogP contribution in [0.3, 0.4) is 0 Å². The Hall–Kier alpha value is -0.180. The first-order valence-electron chi connectivity index (χ1n) is 3.86. The van der Waals surface area contributed by atoms with Crippen molar-refractivity contribution in [1.82, 2.24) is 0 Å². The molecule has 0 spiro atoms. The molecule has 7 heteroatoms. The molecule has 0 radical (unpaired) electrons. The van der Waals surface area contributed by atoms with Crippen LogP contribution in [0.5, 0.6) is 0 Å². The van der Waals surface area contributed by atoms with E-state index in [9.17, 15) is 9.90 Å². The van der Waals surface area contributed by atoms with Crippen molar-refractivity contribution in [3.05, 3.63) is 0 Å². The van der Waals surface area contributed by atoms with E-state index in [-0.39, 0.29) is 0 Å². The largest absolute Gasteiger partial charge is 0.394 e. The van der Waals surface area contributed by atoms with Crippen molar-refractivity contribution in [3.8, 4) is 0 Å². The Balaban J connectivity index is 4.30. The molecular weight excluding hydrogens is 212 g/mol. The number of aliphatic hydroxyl groups excluding tert-OH is 5. The number of carbonyl (C=O) groups is 1. The summed E-state index contributed by atoms with van der Waals surface area (Å²) in [4.78, 5) is 10.9. The summed E-state index contributed by atoms with van der Waals surface area (Å²) in [6, 6.07) is 0. The molecular formula is C7H14O6S. The molecule has 6 nitrogen and oxygen atoms in total. The van der Waals surface area contributed by atoms with Gasteiger partial charge < -0.3 is 25.5 Å². The van der Waals surface area contributed by atoms with Crippen LogP contribution in [-0.2, 0) is 4.79 Å². The third kappa shape index (κ3) is 3.52. The third-order valence-corrected chi connectivity index (χ3v) is 2.34. The monoisotopic (exact) mass is 226 g/mol. The van der Waals surface area contributed by atoms with Crippen molar-refractivity contribution in [2.75, 3.05) is 12.9 Å². The molecule has 0 aromatic rings. The Labute approximate surface area is 85.2 Å². The summed E-state index contributed by atoms with van der Waals surface area (Å²) >= 11 is 0.694. The lowest BCUT2D eigenvalue weighted by atomic mass is 10.0. The molecule has 0 aliphatic carbocycles. The van der Waals surface area contributed by atoms with Crippen LogP contribution in [-0.4, -0.2) is 67.9 Å². The summed E-state index contributed by atoms with van der Waals surface area (Å²) in [5, 5.41) is 44.1. The first-order chi connectivity index (χ1) is 6.45. The molecule has 4 atom stereocenters. The van der Waals surface area contributed by atoms with Crippen molar-refractivity contribution < 1.29 is 30.3 Å². The normalized spacial score (nSPS) is 19.9. The first kappa shape index (κ1) is 13.8. The molecule has 0 rings (SSSR count). The second-order valence-electron chi connectivity index (χ2n) is 2.70. The summed E-state index contributed by atoms with van der Waals surface area (Å²) in [5.74, 6) is 0. The Morgan fingerprint density at radius 2 is 1.71 bits per heavy atom. The van der Waals surface area contributed by atoms with E-state index >= 15 is 0 Å². The fourth-order valence-electron chi connectivity index (χ4n) is 0.783. The minimum Gasteiger partial charge on any atom is -0.394 e. The van der Waals surface area contributed by atoms with Crippen molar-refractivity contribution >= 4 is 16.9 Å². The van der Waals surface area contributed by atoms with E-state index in [0.717, 1.165) is 0 Å². The predicted octanol–water partition coefficient (Wildman–Crippen LogP) is -2.69. The second kappa shape index (κ2) is 6.33. The van der Waals surface area contributed by atoms with Gasteiger partial charge in [-0.1, -0.05) is 11.8 Å². The number of rotatable bonds is 5. The average molecular weight is 226 g/mol. The summed E-state index contributed by atoms with van der Waals surface area (Å²) in [7, 11) is 0. The van der Waals surface area contributed by atoms with Crippen molar-refractivity contribution in [1.29, 1.82) is 0 Å². The highest BCUT2D eigenvalue weighted by atomic mass is 32.2.